The highest BCUT2D eigenvalue weighted by molar-refractivity contribution is 8.07. The molecule has 0 aromatic carbocycles. The Morgan fingerprint density at radius 3 is 1.04 bits per heavy atom. The van der Waals surface area contributed by atoms with Crippen molar-refractivity contribution in [2.24, 2.45) is 0 Å². The van der Waals surface area contributed by atoms with Crippen LogP contribution in [0.3, 0.4) is 0 Å². The van der Waals surface area contributed by atoms with Crippen molar-refractivity contribution >= 4 is 154 Å². The molecule has 0 aliphatic carbocycles. The minimum Gasteiger partial charge on any atom is -0.397 e. The predicted molar refractivity (Wildman–Crippen MR) is 443 cm³/mol. The number of nitrogens with one attached hydrogen (secondary N) is 3. The zero-order chi connectivity index (χ0) is 95.5. The van der Waals surface area contributed by atoms with Gasteiger partial charge in [-0.2, -0.15) is 20.1 Å². The molecule has 27 N–H and O–H groups in total. The van der Waals surface area contributed by atoms with Gasteiger partial charge in [0.2, 0.25) is 17.8 Å². The second kappa shape index (κ2) is 35.6. The molecule has 21 heterocycles. The number of nitrogen functional groups attached to an aromatic ring is 6. The number of aromatic amines is 3. The first kappa shape index (κ1) is 94.3. The Labute approximate surface area is 751 Å². The molecule has 12 aromatic heterocycles. The Balaban J connectivity index is 0.000000130. The summed E-state index contributed by atoms with van der Waals surface area (Å²) in [6, 6.07) is 4.55. The molecule has 135 heavy (non-hydrogen) atoms. The van der Waals surface area contributed by atoms with Crippen LogP contribution in [0.15, 0.2) is 89.0 Å². The first-order valence-corrected chi connectivity index (χ1v) is 49.4. The van der Waals surface area contributed by atoms with E-state index in [9.17, 15) is 97.2 Å². The summed E-state index contributed by atoms with van der Waals surface area (Å²) in [7, 11) is -25.4. The number of rotatable bonds is 6. The van der Waals surface area contributed by atoms with Gasteiger partial charge in [-0.05, 0) is 30.0 Å². The maximum absolute atomic E-state index is 13.2. The van der Waals surface area contributed by atoms with Crippen LogP contribution in [0.5, 0.6) is 0 Å². The number of anilines is 6. The number of aliphatic hydroxyl groups is 6. The first-order chi connectivity index (χ1) is 63.9. The Morgan fingerprint density at radius 2 is 0.652 bits per heavy atom. The minimum absolute atomic E-state index is 0.0838. The SMILES string of the molecule is Nc1nc2c(ncn2[C@@H]2O[C@@H]3COP(=O)(O)O[C@H]4[C@@H](O)[C@H](c5cnc6c(N)ccnn56)O[C@@H]4COP(=O)(O)O[C@@H]2[C@@H]3O)c(=O)[nH]1.Nc1nc2c(ncn2[C@@H]2O[C@@H]3COP(=O)(O)O[C@H]4[C@@H](O)[C@H](n5cnc6c(N)ccnc65)O[C@@H]4COP(=O)(O)O[C@@H]2[C@H]3O)c(=O)[nH]1.Nc1nc2c(ncn2[C@@H]2O[C@@H]3COP(O)(=S)O[C@H]4[C@@H](O)[C@H](n5cnc6c(N)ccnc65)O[C@@H]4COP(=O)(O)O[C@@H]2[C@@H]3O)c(=O)[nH]1. The van der Waals surface area contributed by atoms with Crippen LogP contribution in [-0.2, 0) is 117 Å². The van der Waals surface area contributed by atoms with E-state index in [0.29, 0.717) is 11.2 Å². The second-order valence-corrected chi connectivity index (χ2v) is 40.7. The zero-order valence-corrected chi connectivity index (χ0v) is 73.8. The van der Waals surface area contributed by atoms with Crippen LogP contribution in [0.25, 0.3) is 61.5 Å². The Bertz CT molecular complexity index is 6460. The van der Waals surface area contributed by atoms with Gasteiger partial charge in [0, 0.05) is 12.4 Å². The monoisotopic (exact) mass is 2040 g/mol. The average Bonchev–Trinajstić information content (AvgIpc) is 1.63. The molecule has 21 rings (SSSR count). The number of H-pyrrole nitrogens is 3. The topological polar surface area (TPSA) is 933 Å². The summed E-state index contributed by atoms with van der Waals surface area (Å²) in [5.74, 6) is -0.816. The standard InChI is InChI=1S/2C21H25N9O13P2.C21H25N9O12P2S/c22-7-1-2-24-16-10(7)25-5-29(16)19-13(32)14-9(41-19)4-39-45(36,37)43-15-12(31)8(3-38-44(34,35)42-14)40-20(15)30-6-26-11-17(30)27-21(23)28-18(11)33;22-7-1-2-26-30-8(3-24-17(7)30)14-13(32)15-10(40-14)5-39-45(36,37)43-16-12(31)9(4-38-44(34,35)42-15)41-20(16)29-6-25-11-18(29)27-21(23)28-19(11)33;22-7-1-2-24-16-10(7)25-5-29(16)19-13(32)14-9(40-19)4-37-43(34,35)41-15-12(31)8(3-38-44(36,45)42-14)39-20(15)30-6-26-11-17(30)27-21(23)28-18(11)33/h1-2,5-6,8-9,12-15,19-20,31-32H,3-4H2,(H2,22,24)(H,34,35)(H,36,37)(H3,23,27,28,33);1-3,6,9-10,12-16,20,31-32H,4-5,22H2,(H,34,35)(H,36,37)(H3,23,27,28,33);1-2,5-6,8-9,12-15,19-20,31-32H,3-4H2,(H2,22,24)(H,34,35)(H,36,45)(H3,23,27,28,33)/t8-,9-,12+,13-,14-,15-,19-,20-;9-,10-,12-,13+,14+,15-,16-,20-;8-,9-,12-,13-,14-,15-,19-,20-,44?/m111/s1. The summed E-state index contributed by atoms with van der Waals surface area (Å²) in [5.41, 5.74) is 34.3. The lowest BCUT2D eigenvalue weighted by atomic mass is 10.1. The average molecular weight is 2040 g/mol. The van der Waals surface area contributed by atoms with E-state index in [1.807, 2.05) is 0 Å². The van der Waals surface area contributed by atoms with E-state index in [1.165, 1.54) is 73.9 Å². The number of hydrogen-bond donors (Lipinski definition) is 21. The maximum Gasteiger partial charge on any atom is 0.472 e. The third kappa shape index (κ3) is 18.1. The smallest absolute Gasteiger partial charge is 0.397 e. The van der Waals surface area contributed by atoms with Gasteiger partial charge in [0.1, 0.15) is 127 Å². The fourth-order valence-electron chi connectivity index (χ4n) is 16.2. The van der Waals surface area contributed by atoms with Crippen molar-refractivity contribution in [3.8, 4) is 0 Å². The highest BCUT2D eigenvalue weighted by Crippen LogP contribution is 2.59. The van der Waals surface area contributed by atoms with Crippen molar-refractivity contribution in [2.45, 2.75) is 147 Å². The number of pyridine rings is 2. The molecular weight excluding hydrogens is 1960 g/mol. The van der Waals surface area contributed by atoms with Gasteiger partial charge in [0.15, 0.2) is 81.6 Å². The number of nitrogens with two attached hydrogens (primary N) is 6. The summed E-state index contributed by atoms with van der Waals surface area (Å²) in [5, 5.41) is 70.7. The molecule has 0 saturated carbocycles. The van der Waals surface area contributed by atoms with Gasteiger partial charge in [-0.1, -0.05) is 0 Å². The quantitative estimate of drug-likeness (QED) is 0.0692. The molecule has 9 fully saturated rings. The van der Waals surface area contributed by atoms with Gasteiger partial charge < -0.3 is 127 Å². The van der Waals surface area contributed by atoms with Crippen molar-refractivity contribution in [2.75, 3.05) is 74.0 Å². The molecule has 9 aliphatic heterocycles. The van der Waals surface area contributed by atoms with Crippen LogP contribution < -0.4 is 51.1 Å². The van der Waals surface area contributed by atoms with E-state index >= 15 is 0 Å². The lowest BCUT2D eigenvalue weighted by Crippen LogP contribution is -2.36. The maximum atomic E-state index is 13.2. The van der Waals surface area contributed by atoms with Crippen LogP contribution in [0, 0.1) is 0 Å². The summed E-state index contributed by atoms with van der Waals surface area (Å²) in [4.78, 5) is 153. The molecule has 0 amide bonds. The molecule has 6 unspecified atom stereocenters. The van der Waals surface area contributed by atoms with Crippen LogP contribution in [0.2, 0.25) is 0 Å². The van der Waals surface area contributed by atoms with E-state index in [2.05, 4.69) is 74.9 Å². The molecule has 65 nitrogen and oxygen atoms in total. The third-order valence-corrected chi connectivity index (χ3v) is 28.8. The Morgan fingerprint density at radius 1 is 0.341 bits per heavy atom. The molecule has 30 atom stereocenters. The van der Waals surface area contributed by atoms with Crippen LogP contribution in [-0.4, -0.2) is 312 Å². The van der Waals surface area contributed by atoms with E-state index in [4.69, 9.17) is 129 Å². The van der Waals surface area contributed by atoms with E-state index < -0.39 is 249 Å². The molecule has 6 bridgehead atoms. The van der Waals surface area contributed by atoms with Crippen LogP contribution >= 0.6 is 45.8 Å². The summed E-state index contributed by atoms with van der Waals surface area (Å²) < 4.78 is 172. The number of aromatic nitrogens is 21. The lowest BCUT2D eigenvalue weighted by Gasteiger charge is -2.27. The second-order valence-electron chi connectivity index (χ2n) is 30.8. The van der Waals surface area contributed by atoms with Crippen LogP contribution in [0.1, 0.15) is 42.9 Å². The molecule has 0 radical (unpaired) electrons. The van der Waals surface area contributed by atoms with E-state index in [1.54, 1.807) is 0 Å². The van der Waals surface area contributed by atoms with Gasteiger partial charge in [0.05, 0.1) is 106 Å². The molecular formula is C63H75N27O38P6S. The van der Waals surface area contributed by atoms with Gasteiger partial charge in [-0.25, -0.2) is 67.2 Å². The normalized spacial score (nSPS) is 37.7. The fourth-order valence-corrected chi connectivity index (χ4v) is 22.3. The number of imidazole rings is 6. The molecule has 12 aromatic rings. The van der Waals surface area contributed by atoms with Crippen molar-refractivity contribution in [3.05, 3.63) is 111 Å². The molecule has 72 heteroatoms. The number of phosphoric ester groups is 5. The number of aliphatic hydroxyl groups excluding tert-OH is 6. The predicted octanol–water partition coefficient (Wildman–Crippen LogP) is -5.25. The van der Waals surface area contributed by atoms with Crippen molar-refractivity contribution in [3.63, 3.8) is 0 Å². The molecule has 726 valence electrons. The first-order valence-electron chi connectivity index (χ1n) is 39.3. The molecule has 0 spiro atoms. The van der Waals surface area contributed by atoms with Crippen molar-refractivity contribution in [1.29, 1.82) is 0 Å². The lowest BCUT2D eigenvalue weighted by molar-refractivity contribution is -0.0672. The van der Waals surface area contributed by atoms with Crippen LogP contribution in [0.4, 0.5) is 34.9 Å². The van der Waals surface area contributed by atoms with Gasteiger partial charge in [0.25, 0.3) is 16.7 Å². The highest BCUT2D eigenvalue weighted by Gasteiger charge is 2.59. The van der Waals surface area contributed by atoms with Gasteiger partial charge >= 0.3 is 45.8 Å². The highest BCUT2D eigenvalue weighted by atomic mass is 32.5. The van der Waals surface area contributed by atoms with Gasteiger partial charge in [-0.3, -0.25) is 102 Å². The fraction of sp³-hybridized carbons (Fsp3) is 0.476. The van der Waals surface area contributed by atoms with Gasteiger partial charge in [-0.15, -0.1) is 0 Å². The number of hydrogen-bond acceptors (Lipinski definition) is 51. The van der Waals surface area contributed by atoms with Crippen molar-refractivity contribution in [1.82, 2.24) is 102 Å². The van der Waals surface area contributed by atoms with Crippen molar-refractivity contribution < 1.29 is 166 Å². The Hall–Kier alpha value is -9.69. The zero-order valence-electron chi connectivity index (χ0n) is 67.6. The number of fused-ring (bicyclic) bond motifs is 15. The summed E-state index contributed by atoms with van der Waals surface area (Å²) in [6.07, 6.45) is -25.3. The number of nitrogens with zero attached hydrogens (tertiary/aromatic N) is 18. The van der Waals surface area contributed by atoms with E-state index in [0.717, 1.165) is 28.1 Å². The van der Waals surface area contributed by atoms with E-state index in [-0.39, 0.29) is 90.9 Å². The number of phosphoric acid groups is 5. The summed E-state index contributed by atoms with van der Waals surface area (Å²) >= 11 is 5.18. The molecule has 9 saturated heterocycles. The largest absolute Gasteiger partial charge is 0.472 e. The molecule has 9 aliphatic rings. The number of ether oxygens (including phenoxy) is 6. The summed E-state index contributed by atoms with van der Waals surface area (Å²) in [6.45, 7) is -8.82. The Kier molecular flexibility index (Phi) is 24.9. The minimum atomic E-state index is -5.11. The third-order valence-electron chi connectivity index (χ3n) is 22.3.